The molecule has 1 unspecified atom stereocenters. The summed E-state index contributed by atoms with van der Waals surface area (Å²) in [6.07, 6.45) is -0.780. The molecule has 1 aromatic heterocycles. The third-order valence-electron chi connectivity index (χ3n) is 5.75. The minimum atomic E-state index is -1.04. The van der Waals surface area contributed by atoms with Gasteiger partial charge in [-0.1, -0.05) is 66.5 Å². The number of oxazole rings is 1. The van der Waals surface area contributed by atoms with Gasteiger partial charge in [0.2, 0.25) is 5.89 Å². The highest BCUT2D eigenvalue weighted by molar-refractivity contribution is 6.35. The summed E-state index contributed by atoms with van der Waals surface area (Å²) in [7, 11) is 0. The lowest BCUT2D eigenvalue weighted by atomic mass is 9.99. The van der Waals surface area contributed by atoms with Gasteiger partial charge in [0.25, 0.3) is 5.91 Å². The summed E-state index contributed by atoms with van der Waals surface area (Å²) in [6.45, 7) is 1.75. The molecule has 5 rings (SSSR count). The zero-order chi connectivity index (χ0) is 25.2. The molecular weight excluding hydrogens is 499 g/mol. The van der Waals surface area contributed by atoms with Crippen LogP contribution >= 0.6 is 23.2 Å². The van der Waals surface area contributed by atoms with Crippen LogP contribution in [0.2, 0.25) is 10.0 Å². The number of aromatic nitrogens is 1. The molecule has 8 heteroatoms. The third kappa shape index (κ3) is 4.65. The van der Waals surface area contributed by atoms with Gasteiger partial charge < -0.3 is 14.5 Å². The fraction of sp³-hybridized carbons (Fsp3) is 0.107. The van der Waals surface area contributed by atoms with Gasteiger partial charge in [-0.05, 0) is 54.3 Å². The van der Waals surface area contributed by atoms with Gasteiger partial charge in [-0.2, -0.15) is 0 Å². The minimum Gasteiger partial charge on any atom is -0.449 e. The van der Waals surface area contributed by atoms with Crippen molar-refractivity contribution in [3.8, 4) is 11.5 Å². The van der Waals surface area contributed by atoms with Crippen LogP contribution in [0.1, 0.15) is 23.7 Å². The van der Waals surface area contributed by atoms with E-state index in [1.807, 2.05) is 48.5 Å². The molecule has 1 atom stereocenters. The van der Waals surface area contributed by atoms with E-state index in [1.54, 1.807) is 31.2 Å². The SMILES string of the molecule is CCC(OC(=O)c1cccc2cccc(-c3nc4ccccc4o3)c12)C(=O)Nc1cc(Cl)ccc1Cl. The van der Waals surface area contributed by atoms with Crippen LogP contribution in [-0.4, -0.2) is 23.0 Å². The zero-order valence-electron chi connectivity index (χ0n) is 19.1. The summed E-state index contributed by atoms with van der Waals surface area (Å²) >= 11 is 12.2. The molecule has 1 amide bonds. The van der Waals surface area contributed by atoms with Crippen LogP contribution in [0.4, 0.5) is 5.69 Å². The lowest BCUT2D eigenvalue weighted by Crippen LogP contribution is -2.32. The Bertz CT molecular complexity index is 1570. The van der Waals surface area contributed by atoms with Crippen molar-refractivity contribution in [2.75, 3.05) is 5.32 Å². The summed E-state index contributed by atoms with van der Waals surface area (Å²) in [6, 6.07) is 23.1. The van der Waals surface area contributed by atoms with E-state index in [4.69, 9.17) is 32.4 Å². The first-order chi connectivity index (χ1) is 17.4. The quantitative estimate of drug-likeness (QED) is 0.235. The van der Waals surface area contributed by atoms with Gasteiger partial charge >= 0.3 is 5.97 Å². The van der Waals surface area contributed by atoms with Crippen molar-refractivity contribution >= 4 is 62.6 Å². The van der Waals surface area contributed by atoms with E-state index >= 15 is 0 Å². The van der Waals surface area contributed by atoms with E-state index in [0.29, 0.717) is 49.2 Å². The van der Waals surface area contributed by atoms with Crippen molar-refractivity contribution in [3.63, 3.8) is 0 Å². The fourth-order valence-electron chi connectivity index (χ4n) is 4.00. The van der Waals surface area contributed by atoms with Crippen molar-refractivity contribution in [3.05, 3.63) is 94.5 Å². The van der Waals surface area contributed by atoms with Crippen LogP contribution < -0.4 is 5.32 Å². The van der Waals surface area contributed by atoms with Gasteiger partial charge in [0.15, 0.2) is 11.7 Å². The fourth-order valence-corrected chi connectivity index (χ4v) is 4.34. The Hall–Kier alpha value is -3.87. The number of hydrogen-bond acceptors (Lipinski definition) is 5. The van der Waals surface area contributed by atoms with Gasteiger partial charge in [0.1, 0.15) is 5.52 Å². The van der Waals surface area contributed by atoms with Gasteiger partial charge in [0.05, 0.1) is 16.3 Å². The summed E-state index contributed by atoms with van der Waals surface area (Å²) in [5.41, 5.74) is 2.66. The maximum Gasteiger partial charge on any atom is 0.339 e. The van der Waals surface area contributed by atoms with E-state index in [-0.39, 0.29) is 6.42 Å². The zero-order valence-corrected chi connectivity index (χ0v) is 20.6. The van der Waals surface area contributed by atoms with Gasteiger partial charge in [0, 0.05) is 16.0 Å². The molecule has 36 heavy (non-hydrogen) atoms. The number of amides is 1. The Balaban J connectivity index is 1.48. The number of para-hydroxylation sites is 2. The number of anilines is 1. The minimum absolute atomic E-state index is 0.262. The second-order valence-corrected chi connectivity index (χ2v) is 8.96. The highest BCUT2D eigenvalue weighted by Crippen LogP contribution is 2.33. The molecule has 0 aliphatic rings. The van der Waals surface area contributed by atoms with E-state index in [1.165, 1.54) is 6.07 Å². The van der Waals surface area contributed by atoms with E-state index in [9.17, 15) is 9.59 Å². The summed E-state index contributed by atoms with van der Waals surface area (Å²) < 4.78 is 11.6. The number of nitrogens with one attached hydrogen (secondary N) is 1. The average Bonchev–Trinajstić information content (AvgIpc) is 3.32. The number of hydrogen-bond donors (Lipinski definition) is 1. The lowest BCUT2D eigenvalue weighted by Gasteiger charge is -2.18. The number of carbonyl (C=O) groups excluding carboxylic acids is 2. The predicted molar refractivity (Wildman–Crippen MR) is 142 cm³/mol. The highest BCUT2D eigenvalue weighted by atomic mass is 35.5. The normalized spacial score (nSPS) is 12.0. The third-order valence-corrected chi connectivity index (χ3v) is 6.31. The van der Waals surface area contributed by atoms with Crippen molar-refractivity contribution in [2.24, 2.45) is 0 Å². The Morgan fingerprint density at radius 2 is 1.78 bits per heavy atom. The van der Waals surface area contributed by atoms with Crippen LogP contribution in [0, 0.1) is 0 Å². The average molecular weight is 519 g/mol. The van der Waals surface area contributed by atoms with E-state index in [2.05, 4.69) is 10.3 Å². The molecule has 0 saturated heterocycles. The summed E-state index contributed by atoms with van der Waals surface area (Å²) in [5.74, 6) is -0.750. The molecule has 0 aliphatic heterocycles. The molecule has 0 aliphatic carbocycles. The first-order valence-corrected chi connectivity index (χ1v) is 12.0. The number of carbonyl (C=O) groups is 2. The summed E-state index contributed by atoms with van der Waals surface area (Å²) in [5, 5.41) is 4.88. The molecule has 0 fully saturated rings. The maximum atomic E-state index is 13.4. The largest absolute Gasteiger partial charge is 0.449 e. The predicted octanol–water partition coefficient (Wildman–Crippen LogP) is 7.53. The number of fused-ring (bicyclic) bond motifs is 2. The Labute approximate surface area is 216 Å². The first-order valence-electron chi connectivity index (χ1n) is 11.3. The van der Waals surface area contributed by atoms with Crippen molar-refractivity contribution in [1.82, 2.24) is 4.98 Å². The maximum absolute atomic E-state index is 13.4. The Morgan fingerprint density at radius 1 is 1.00 bits per heavy atom. The van der Waals surface area contributed by atoms with Gasteiger partial charge in [-0.3, -0.25) is 4.79 Å². The van der Waals surface area contributed by atoms with Crippen molar-refractivity contribution in [2.45, 2.75) is 19.4 Å². The smallest absolute Gasteiger partial charge is 0.339 e. The molecule has 0 spiro atoms. The van der Waals surface area contributed by atoms with Crippen LogP contribution in [0.3, 0.4) is 0 Å². The molecule has 1 N–H and O–H groups in total. The number of ether oxygens (including phenoxy) is 1. The van der Waals surface area contributed by atoms with E-state index in [0.717, 1.165) is 5.39 Å². The monoisotopic (exact) mass is 518 g/mol. The first kappa shape index (κ1) is 23.9. The molecule has 5 aromatic rings. The lowest BCUT2D eigenvalue weighted by molar-refractivity contribution is -0.124. The highest BCUT2D eigenvalue weighted by Gasteiger charge is 2.25. The van der Waals surface area contributed by atoms with Crippen LogP contribution in [-0.2, 0) is 9.53 Å². The standard InChI is InChI=1S/C28H20Cl2N2O4/c1-2-23(26(33)31-22-15-17(29)13-14-20(22)30)36-28(34)19-10-6-8-16-7-5-9-18(25(16)19)27-32-21-11-3-4-12-24(21)35-27/h3-15,23H,2H2,1H3,(H,31,33). The van der Waals surface area contributed by atoms with Gasteiger partial charge in [-0.15, -0.1) is 0 Å². The second kappa shape index (κ2) is 10.0. The number of nitrogens with zero attached hydrogens (tertiary/aromatic N) is 1. The molecule has 0 bridgehead atoms. The topological polar surface area (TPSA) is 81.4 Å². The van der Waals surface area contributed by atoms with Gasteiger partial charge in [-0.25, -0.2) is 9.78 Å². The number of benzene rings is 4. The molecule has 6 nitrogen and oxygen atoms in total. The van der Waals surface area contributed by atoms with Crippen molar-refractivity contribution in [1.29, 1.82) is 0 Å². The van der Waals surface area contributed by atoms with Crippen LogP contribution in [0.5, 0.6) is 0 Å². The number of halogens is 2. The Kier molecular flexibility index (Phi) is 6.63. The molecule has 4 aromatic carbocycles. The molecular formula is C28H20Cl2N2O4. The molecule has 180 valence electrons. The van der Waals surface area contributed by atoms with Crippen LogP contribution in [0.15, 0.2) is 83.3 Å². The molecule has 1 heterocycles. The van der Waals surface area contributed by atoms with E-state index < -0.39 is 18.0 Å². The van der Waals surface area contributed by atoms with Crippen molar-refractivity contribution < 1.29 is 18.7 Å². The Morgan fingerprint density at radius 3 is 2.56 bits per heavy atom. The second-order valence-electron chi connectivity index (χ2n) is 8.11. The molecule has 0 radical (unpaired) electrons. The van der Waals surface area contributed by atoms with Crippen LogP contribution in [0.25, 0.3) is 33.3 Å². The number of rotatable bonds is 6. The molecule has 0 saturated carbocycles. The summed E-state index contributed by atoms with van der Waals surface area (Å²) in [4.78, 5) is 30.9. The number of esters is 1.